The number of nitrogen functional groups attached to an aromatic ring is 1. The summed E-state index contributed by atoms with van der Waals surface area (Å²) in [6.07, 6.45) is 4.85. The molecule has 6 N–H and O–H groups in total. The zero-order chi connectivity index (χ0) is 22.0. The van der Waals surface area contributed by atoms with Crippen LogP contribution >= 0.6 is 0 Å². The van der Waals surface area contributed by atoms with Gasteiger partial charge in [0.25, 0.3) is 0 Å². The van der Waals surface area contributed by atoms with Crippen LogP contribution in [0.5, 0.6) is 11.8 Å². The van der Waals surface area contributed by atoms with Crippen molar-refractivity contribution in [1.29, 1.82) is 0 Å². The van der Waals surface area contributed by atoms with Gasteiger partial charge in [0.1, 0.15) is 17.3 Å². The number of rotatable bonds is 4. The molecule has 1 saturated carbocycles. The molecule has 1 saturated heterocycles. The summed E-state index contributed by atoms with van der Waals surface area (Å²) in [4.78, 5) is 22.8. The van der Waals surface area contributed by atoms with E-state index >= 15 is 0 Å². The molecule has 1 aliphatic heterocycles. The van der Waals surface area contributed by atoms with E-state index in [1.165, 1.54) is 24.5 Å². The van der Waals surface area contributed by atoms with E-state index in [1.54, 1.807) is 7.05 Å². The molecule has 0 amide bonds. The van der Waals surface area contributed by atoms with Crippen molar-refractivity contribution in [3.05, 3.63) is 30.3 Å². The maximum absolute atomic E-state index is 14.4. The molecule has 1 aliphatic carbocycles. The Morgan fingerprint density at radius 2 is 2.03 bits per heavy atom. The molecule has 32 heavy (non-hydrogen) atoms. The van der Waals surface area contributed by atoms with Crippen molar-refractivity contribution in [2.75, 3.05) is 29.5 Å². The first kappa shape index (κ1) is 19.0. The fourth-order valence-corrected chi connectivity index (χ4v) is 5.01. The number of hydrogen-bond donors (Lipinski definition) is 4. The van der Waals surface area contributed by atoms with Gasteiger partial charge in [-0.2, -0.15) is 9.97 Å². The molecule has 4 heterocycles. The van der Waals surface area contributed by atoms with Gasteiger partial charge in [0.15, 0.2) is 5.75 Å². The van der Waals surface area contributed by atoms with Gasteiger partial charge in [0.05, 0.1) is 29.0 Å². The van der Waals surface area contributed by atoms with Crippen LogP contribution in [-0.4, -0.2) is 50.6 Å². The number of ether oxygens (including phenoxy) is 1. The lowest BCUT2D eigenvalue weighted by atomic mass is 10.0. The van der Waals surface area contributed by atoms with Crippen LogP contribution in [0.3, 0.4) is 0 Å². The molecule has 1 aromatic carbocycles. The number of benzene rings is 1. The lowest BCUT2D eigenvalue weighted by Crippen LogP contribution is -2.41. The van der Waals surface area contributed by atoms with Crippen molar-refractivity contribution in [3.8, 4) is 11.8 Å². The van der Waals surface area contributed by atoms with E-state index < -0.39 is 0 Å². The van der Waals surface area contributed by atoms with E-state index in [0.717, 1.165) is 30.3 Å². The summed E-state index contributed by atoms with van der Waals surface area (Å²) in [6.45, 7) is 0.795. The molecule has 3 aromatic heterocycles. The molecule has 6 rings (SSSR count). The smallest absolute Gasteiger partial charge is 0.326 e. The van der Waals surface area contributed by atoms with Crippen LogP contribution in [0.4, 0.5) is 21.8 Å². The SMILES string of the molecule is CNc1cc(F)cc2c1[nH]c1nc(Oc3cnc(N)nc3)nc(N3C[C@H]4CC3C[C@H]4N)c12. The van der Waals surface area contributed by atoms with E-state index in [2.05, 4.69) is 30.2 Å². The van der Waals surface area contributed by atoms with E-state index in [-0.39, 0.29) is 29.9 Å². The highest BCUT2D eigenvalue weighted by Crippen LogP contribution is 2.44. The Kier molecular flexibility index (Phi) is 4.09. The molecule has 2 fully saturated rings. The predicted octanol–water partition coefficient (Wildman–Crippen LogP) is 2.38. The van der Waals surface area contributed by atoms with Crippen LogP contribution in [-0.2, 0) is 0 Å². The highest BCUT2D eigenvalue weighted by Gasteiger charge is 2.44. The predicted molar refractivity (Wildman–Crippen MR) is 119 cm³/mol. The normalized spacial score (nSPS) is 22.2. The third-order valence-corrected chi connectivity index (χ3v) is 6.48. The van der Waals surface area contributed by atoms with Crippen molar-refractivity contribution in [3.63, 3.8) is 0 Å². The average Bonchev–Trinajstić information content (AvgIpc) is 3.46. The number of aromatic nitrogens is 5. The summed E-state index contributed by atoms with van der Waals surface area (Å²) < 4.78 is 20.3. The van der Waals surface area contributed by atoms with Gasteiger partial charge in [-0.1, -0.05) is 0 Å². The van der Waals surface area contributed by atoms with Crippen molar-refractivity contribution in [2.45, 2.75) is 24.9 Å². The van der Waals surface area contributed by atoms with Gasteiger partial charge in [0.2, 0.25) is 5.95 Å². The lowest BCUT2D eigenvalue weighted by molar-refractivity contribution is 0.436. The summed E-state index contributed by atoms with van der Waals surface area (Å²) in [7, 11) is 1.75. The molecular formula is C21H22FN9O. The Morgan fingerprint density at radius 1 is 1.22 bits per heavy atom. The maximum atomic E-state index is 14.4. The highest BCUT2D eigenvalue weighted by molar-refractivity contribution is 6.14. The first-order valence-corrected chi connectivity index (χ1v) is 10.5. The summed E-state index contributed by atoms with van der Waals surface area (Å²) in [5, 5.41) is 4.52. The molecule has 0 spiro atoms. The van der Waals surface area contributed by atoms with Gasteiger partial charge in [-0.15, -0.1) is 0 Å². The first-order valence-electron chi connectivity index (χ1n) is 10.5. The zero-order valence-electron chi connectivity index (χ0n) is 17.3. The van der Waals surface area contributed by atoms with Crippen LogP contribution in [0.1, 0.15) is 12.8 Å². The monoisotopic (exact) mass is 435 g/mol. The third-order valence-electron chi connectivity index (χ3n) is 6.48. The van der Waals surface area contributed by atoms with E-state index in [9.17, 15) is 4.39 Å². The molecular weight excluding hydrogens is 413 g/mol. The third kappa shape index (κ3) is 2.88. The molecule has 2 aliphatic rings. The topological polar surface area (TPSA) is 144 Å². The minimum atomic E-state index is -0.335. The number of nitrogens with one attached hydrogen (secondary N) is 2. The van der Waals surface area contributed by atoms with Crippen molar-refractivity contribution >= 4 is 39.4 Å². The van der Waals surface area contributed by atoms with Crippen molar-refractivity contribution in [1.82, 2.24) is 24.9 Å². The fraction of sp³-hybridized carbons (Fsp3) is 0.333. The maximum Gasteiger partial charge on any atom is 0.326 e. The molecule has 11 heteroatoms. The van der Waals surface area contributed by atoms with E-state index in [4.69, 9.17) is 21.2 Å². The van der Waals surface area contributed by atoms with Gasteiger partial charge in [-0.25, -0.2) is 14.4 Å². The van der Waals surface area contributed by atoms with Crippen LogP contribution < -0.4 is 26.4 Å². The second kappa shape index (κ2) is 6.89. The largest absolute Gasteiger partial charge is 0.421 e. The summed E-state index contributed by atoms with van der Waals surface area (Å²) in [6, 6.07) is 3.59. The highest BCUT2D eigenvalue weighted by atomic mass is 19.1. The minimum absolute atomic E-state index is 0.144. The van der Waals surface area contributed by atoms with Crippen LogP contribution in [0.15, 0.2) is 24.5 Å². The number of aromatic amines is 1. The van der Waals surface area contributed by atoms with Crippen LogP contribution in [0.25, 0.3) is 21.9 Å². The second-order valence-corrected chi connectivity index (χ2v) is 8.38. The van der Waals surface area contributed by atoms with Crippen LogP contribution in [0, 0.1) is 11.7 Å². The molecule has 0 radical (unpaired) electrons. The molecule has 164 valence electrons. The summed E-state index contributed by atoms with van der Waals surface area (Å²) in [5.41, 5.74) is 13.8. The van der Waals surface area contributed by atoms with E-state index in [0.29, 0.717) is 34.2 Å². The number of piperidine rings is 1. The van der Waals surface area contributed by atoms with Gasteiger partial charge < -0.3 is 31.4 Å². The fourth-order valence-electron chi connectivity index (χ4n) is 5.01. The van der Waals surface area contributed by atoms with Crippen LogP contribution in [0.2, 0.25) is 0 Å². The Hall–Kier alpha value is -3.73. The van der Waals surface area contributed by atoms with Gasteiger partial charge in [-0.05, 0) is 30.9 Å². The Morgan fingerprint density at radius 3 is 2.72 bits per heavy atom. The molecule has 3 atom stereocenters. The summed E-state index contributed by atoms with van der Waals surface area (Å²) in [5.74, 6) is 1.30. The Bertz CT molecular complexity index is 1340. The molecule has 4 aromatic rings. The van der Waals surface area contributed by atoms with Crippen molar-refractivity contribution < 1.29 is 9.13 Å². The average molecular weight is 435 g/mol. The Balaban J connectivity index is 1.55. The van der Waals surface area contributed by atoms with Gasteiger partial charge in [-0.3, -0.25) is 0 Å². The number of nitrogens with two attached hydrogens (primary N) is 2. The standard InChI is InChI=1S/C21H22FN9O/c1-25-15-4-10(22)3-13-16-18(28-17(13)15)29-21(32-12-6-26-20(24)27-7-12)30-19(16)31-8-9-2-11(31)5-14(9)23/h3-4,6-7,9,11,14,25H,2,5,8,23H2,1H3,(H2,24,26,27)(H,28,29,30)/t9-,11?,14-/m1/s1. The molecule has 2 bridgehead atoms. The first-order chi connectivity index (χ1) is 15.5. The zero-order valence-corrected chi connectivity index (χ0v) is 17.3. The van der Waals surface area contributed by atoms with Crippen molar-refractivity contribution in [2.24, 2.45) is 11.7 Å². The number of nitrogens with zero attached hydrogens (tertiary/aromatic N) is 5. The number of H-pyrrole nitrogens is 1. The summed E-state index contributed by atoms with van der Waals surface area (Å²) >= 11 is 0. The number of hydrogen-bond acceptors (Lipinski definition) is 9. The molecule has 1 unspecified atom stereocenters. The quantitative estimate of drug-likeness (QED) is 0.380. The number of anilines is 3. The van der Waals surface area contributed by atoms with E-state index in [1.807, 2.05) is 0 Å². The van der Waals surface area contributed by atoms with Gasteiger partial charge >= 0.3 is 6.01 Å². The number of halogens is 1. The lowest BCUT2D eigenvalue weighted by Gasteiger charge is -2.31. The second-order valence-electron chi connectivity index (χ2n) is 8.38. The minimum Gasteiger partial charge on any atom is -0.421 e. The molecule has 10 nitrogen and oxygen atoms in total. The Labute approximate surface area is 182 Å². The van der Waals surface area contributed by atoms with Gasteiger partial charge in [0, 0.05) is 31.1 Å². The number of fused-ring (bicyclic) bond motifs is 5.